The van der Waals surface area contributed by atoms with Crippen molar-refractivity contribution in [1.29, 1.82) is 0 Å². The monoisotopic (exact) mass is 447 g/mol. The first-order chi connectivity index (χ1) is 15.6. The number of anilines is 1. The second kappa shape index (κ2) is 9.66. The van der Waals surface area contributed by atoms with Crippen LogP contribution in [-0.2, 0) is 6.42 Å². The number of nitrogens with one attached hydrogen (secondary N) is 1. The second-order valence-corrected chi connectivity index (χ2v) is 7.55. The van der Waals surface area contributed by atoms with Gasteiger partial charge in [-0.2, -0.15) is 0 Å². The lowest BCUT2D eigenvalue weighted by molar-refractivity contribution is 0.0692. The molecule has 1 heterocycles. The Morgan fingerprint density at radius 2 is 1.94 bits per heavy atom. The van der Waals surface area contributed by atoms with Gasteiger partial charge in [0.05, 0.1) is 17.3 Å². The Balaban J connectivity index is 1.49. The smallest absolute Gasteiger partial charge is 0.339 e. The number of benzene rings is 3. The molecular weight excluding hydrogens is 426 g/mol. The summed E-state index contributed by atoms with van der Waals surface area (Å²) in [7, 11) is 0. The van der Waals surface area contributed by atoms with Gasteiger partial charge < -0.3 is 15.2 Å². The highest BCUT2D eigenvalue weighted by atomic mass is 35.5. The molecule has 0 spiro atoms. The summed E-state index contributed by atoms with van der Waals surface area (Å²) in [5.74, 6) is -0.0406. The average molecular weight is 448 g/mol. The summed E-state index contributed by atoms with van der Waals surface area (Å²) >= 11 is 6.60. The van der Waals surface area contributed by atoms with Gasteiger partial charge in [-0.3, -0.25) is 0 Å². The molecule has 2 N–H and O–H groups in total. The molecule has 0 bridgehead atoms. The number of hydrogen-bond acceptors (Lipinski definition) is 5. The van der Waals surface area contributed by atoms with Gasteiger partial charge in [0.15, 0.2) is 0 Å². The maximum absolute atomic E-state index is 11.4. The fourth-order valence-corrected chi connectivity index (χ4v) is 3.87. The van der Waals surface area contributed by atoms with Gasteiger partial charge in [-0.15, -0.1) is 0 Å². The van der Waals surface area contributed by atoms with Crippen LogP contribution >= 0.6 is 11.6 Å². The van der Waals surface area contributed by atoms with Crippen LogP contribution in [0.4, 0.5) is 5.82 Å². The molecule has 1 aromatic heterocycles. The number of nitrogens with zero attached hydrogens (tertiary/aromatic N) is 2. The van der Waals surface area contributed by atoms with E-state index in [9.17, 15) is 9.90 Å². The molecule has 0 fully saturated rings. The zero-order valence-corrected chi connectivity index (χ0v) is 18.3. The van der Waals surface area contributed by atoms with E-state index in [0.717, 1.165) is 33.3 Å². The highest BCUT2D eigenvalue weighted by Crippen LogP contribution is 2.29. The summed E-state index contributed by atoms with van der Waals surface area (Å²) in [6.07, 6.45) is 2.22. The van der Waals surface area contributed by atoms with E-state index in [4.69, 9.17) is 16.3 Å². The Bertz CT molecular complexity index is 1280. The van der Waals surface area contributed by atoms with Crippen molar-refractivity contribution >= 4 is 34.2 Å². The van der Waals surface area contributed by atoms with Crippen molar-refractivity contribution in [3.05, 3.63) is 83.1 Å². The number of ether oxygens (including phenoxy) is 1. The molecule has 162 valence electrons. The molecule has 4 aromatic rings. The molecule has 0 aliphatic heterocycles. The maximum Gasteiger partial charge on any atom is 0.339 e. The highest BCUT2D eigenvalue weighted by Gasteiger charge is 2.13. The van der Waals surface area contributed by atoms with E-state index in [-0.39, 0.29) is 5.56 Å². The van der Waals surface area contributed by atoms with Crippen LogP contribution in [0.5, 0.6) is 5.75 Å². The molecule has 0 saturated carbocycles. The number of halogens is 1. The van der Waals surface area contributed by atoms with Crippen LogP contribution in [0.3, 0.4) is 0 Å². The number of carbonyl (C=O) groups is 1. The quantitative estimate of drug-likeness (QED) is 0.360. The van der Waals surface area contributed by atoms with Crippen molar-refractivity contribution in [2.45, 2.75) is 13.3 Å². The Labute approximate surface area is 190 Å². The van der Waals surface area contributed by atoms with Gasteiger partial charge in [0, 0.05) is 23.6 Å². The van der Waals surface area contributed by atoms with E-state index in [2.05, 4.69) is 27.4 Å². The molecule has 0 aliphatic carbocycles. The van der Waals surface area contributed by atoms with Crippen LogP contribution in [0, 0.1) is 0 Å². The summed E-state index contributed by atoms with van der Waals surface area (Å²) in [6, 6.07) is 18.9. The Kier molecular flexibility index (Phi) is 6.52. The maximum atomic E-state index is 11.4. The van der Waals surface area contributed by atoms with Crippen molar-refractivity contribution in [3.8, 4) is 17.0 Å². The lowest BCUT2D eigenvalue weighted by Gasteiger charge is -2.11. The average Bonchev–Trinajstić information content (AvgIpc) is 2.81. The van der Waals surface area contributed by atoms with Crippen molar-refractivity contribution in [2.75, 3.05) is 18.5 Å². The summed E-state index contributed by atoms with van der Waals surface area (Å²) < 4.78 is 5.49. The minimum Gasteiger partial charge on any atom is -0.493 e. The SMILES string of the molecule is CCOc1cc(-c2cc(NCCc3ccc4ccccc4c3Cl)ncn2)ccc1C(=O)O. The number of carboxylic acid groups (broad SMARTS) is 1. The van der Waals surface area contributed by atoms with E-state index >= 15 is 0 Å². The van der Waals surface area contributed by atoms with Gasteiger partial charge in [-0.05, 0) is 36.4 Å². The molecular formula is C25H22ClN3O3. The number of aromatic nitrogens is 2. The molecule has 7 heteroatoms. The van der Waals surface area contributed by atoms with Gasteiger partial charge in [-0.1, -0.05) is 54.1 Å². The van der Waals surface area contributed by atoms with Crippen LogP contribution in [0.15, 0.2) is 67.0 Å². The van der Waals surface area contributed by atoms with E-state index in [1.807, 2.05) is 37.3 Å². The molecule has 0 radical (unpaired) electrons. The lowest BCUT2D eigenvalue weighted by Crippen LogP contribution is -2.07. The first-order valence-electron chi connectivity index (χ1n) is 10.3. The zero-order valence-electron chi connectivity index (χ0n) is 17.5. The fourth-order valence-electron chi connectivity index (χ4n) is 3.54. The van der Waals surface area contributed by atoms with E-state index in [1.54, 1.807) is 12.1 Å². The van der Waals surface area contributed by atoms with E-state index in [0.29, 0.717) is 30.4 Å². The number of rotatable bonds is 8. The van der Waals surface area contributed by atoms with E-state index < -0.39 is 5.97 Å². The van der Waals surface area contributed by atoms with Gasteiger partial charge in [0.25, 0.3) is 0 Å². The first kappa shape index (κ1) is 21.6. The number of carboxylic acids is 1. The fraction of sp³-hybridized carbons (Fsp3) is 0.160. The summed E-state index contributed by atoms with van der Waals surface area (Å²) in [5.41, 5.74) is 2.61. The van der Waals surface area contributed by atoms with E-state index in [1.165, 1.54) is 12.4 Å². The molecule has 32 heavy (non-hydrogen) atoms. The minimum atomic E-state index is -1.03. The third kappa shape index (κ3) is 4.65. The van der Waals surface area contributed by atoms with Crippen LogP contribution in [0.1, 0.15) is 22.8 Å². The number of fused-ring (bicyclic) bond motifs is 1. The number of hydrogen-bond donors (Lipinski definition) is 2. The normalized spacial score (nSPS) is 10.8. The molecule has 0 saturated heterocycles. The van der Waals surface area contributed by atoms with Crippen molar-refractivity contribution in [3.63, 3.8) is 0 Å². The van der Waals surface area contributed by atoms with Crippen molar-refractivity contribution in [2.24, 2.45) is 0 Å². The van der Waals surface area contributed by atoms with Crippen molar-refractivity contribution < 1.29 is 14.6 Å². The third-order valence-electron chi connectivity index (χ3n) is 5.12. The molecule has 3 aromatic carbocycles. The molecule has 0 unspecified atom stereocenters. The summed E-state index contributed by atoms with van der Waals surface area (Å²) in [4.78, 5) is 20.0. The lowest BCUT2D eigenvalue weighted by atomic mass is 10.0. The third-order valence-corrected chi connectivity index (χ3v) is 5.56. The van der Waals surface area contributed by atoms with Gasteiger partial charge in [-0.25, -0.2) is 14.8 Å². The van der Waals surface area contributed by atoms with Crippen LogP contribution in [-0.4, -0.2) is 34.2 Å². The van der Waals surface area contributed by atoms with Crippen LogP contribution < -0.4 is 10.1 Å². The molecule has 0 aliphatic rings. The van der Waals surface area contributed by atoms with Crippen molar-refractivity contribution in [1.82, 2.24) is 9.97 Å². The predicted octanol–water partition coefficient (Wildman–Crippen LogP) is 5.70. The largest absolute Gasteiger partial charge is 0.493 e. The topological polar surface area (TPSA) is 84.3 Å². The van der Waals surface area contributed by atoms with Crippen LogP contribution in [0.2, 0.25) is 5.02 Å². The molecule has 6 nitrogen and oxygen atoms in total. The molecule has 0 atom stereocenters. The molecule has 4 rings (SSSR count). The number of aromatic carboxylic acids is 1. The van der Waals surface area contributed by atoms with Gasteiger partial charge in [0.2, 0.25) is 0 Å². The first-order valence-corrected chi connectivity index (χ1v) is 10.7. The Hall–Kier alpha value is -3.64. The zero-order chi connectivity index (χ0) is 22.5. The Morgan fingerprint density at radius 1 is 1.09 bits per heavy atom. The predicted molar refractivity (Wildman–Crippen MR) is 127 cm³/mol. The standard InChI is InChI=1S/C25H22ClN3O3/c1-2-32-22-13-18(9-10-20(22)25(30)31)21-14-23(29-15-28-21)27-12-11-17-8-7-16-5-3-4-6-19(16)24(17)26/h3-10,13-15H,2,11-12H2,1H3,(H,30,31)(H,27,28,29). The van der Waals surface area contributed by atoms with Gasteiger partial charge in [0.1, 0.15) is 23.5 Å². The minimum absolute atomic E-state index is 0.121. The summed E-state index contributed by atoms with van der Waals surface area (Å²) in [5, 5.41) is 15.6. The Morgan fingerprint density at radius 3 is 2.75 bits per heavy atom. The highest BCUT2D eigenvalue weighted by molar-refractivity contribution is 6.36. The second-order valence-electron chi connectivity index (χ2n) is 7.17. The summed E-state index contributed by atoms with van der Waals surface area (Å²) in [6.45, 7) is 2.83. The van der Waals surface area contributed by atoms with Gasteiger partial charge >= 0.3 is 5.97 Å². The van der Waals surface area contributed by atoms with Crippen LogP contribution in [0.25, 0.3) is 22.0 Å². The molecule has 0 amide bonds.